The quantitative estimate of drug-likeness (QED) is 0.201. The van der Waals surface area contributed by atoms with Crippen LogP contribution < -0.4 is 0 Å². The number of allylic oxidation sites excluding steroid dienone is 4. The van der Waals surface area contributed by atoms with Crippen molar-refractivity contribution in [1.29, 1.82) is 0 Å². The van der Waals surface area contributed by atoms with Crippen LogP contribution in [0.4, 0.5) is 0 Å². The van der Waals surface area contributed by atoms with Crippen LogP contribution in [0.1, 0.15) is 80.2 Å². The van der Waals surface area contributed by atoms with Crippen LogP contribution >= 0.6 is 11.8 Å². The lowest BCUT2D eigenvalue weighted by molar-refractivity contribution is 1.09. The molecule has 1 aromatic heterocycles. The third-order valence-electron chi connectivity index (χ3n) is 3.45. The number of hydrogen-bond acceptors (Lipinski definition) is 4. The minimum atomic E-state index is 0.897. The molecule has 1 heterocycles. The second kappa shape index (κ2) is 22.5. The largest absolute Gasteiger partial charge is 0.264 e. The summed E-state index contributed by atoms with van der Waals surface area (Å²) in [7, 11) is 0. The highest BCUT2D eigenvalue weighted by Crippen LogP contribution is 2.18. The van der Waals surface area contributed by atoms with Crippen LogP contribution in [-0.2, 0) is 0 Å². The van der Waals surface area contributed by atoms with Crippen LogP contribution in [0.3, 0.4) is 0 Å². The first-order valence-electron chi connectivity index (χ1n) is 11.3. The van der Waals surface area contributed by atoms with Crippen molar-refractivity contribution in [3.05, 3.63) is 66.0 Å². The second-order valence-electron chi connectivity index (χ2n) is 6.32. The first kappa shape index (κ1) is 31.0. The van der Waals surface area contributed by atoms with E-state index in [-0.39, 0.29) is 0 Å². The Hall–Kier alpha value is -2.20. The van der Waals surface area contributed by atoms with E-state index in [9.17, 15) is 0 Å². The van der Waals surface area contributed by atoms with E-state index in [1.54, 1.807) is 24.2 Å². The highest BCUT2D eigenvalue weighted by atomic mass is 32.2. The topological polar surface area (TPSA) is 37.6 Å². The molecular weight excluding hydrogens is 398 g/mol. The summed E-state index contributed by atoms with van der Waals surface area (Å²) in [5.74, 6) is 0. The van der Waals surface area contributed by atoms with Crippen molar-refractivity contribution in [2.24, 2.45) is 10.2 Å². The molecular formula is C27H43N3S. The third kappa shape index (κ3) is 15.3. The van der Waals surface area contributed by atoms with Crippen LogP contribution in [0.25, 0.3) is 10.8 Å². The molecule has 0 unspecified atom stereocenters. The van der Waals surface area contributed by atoms with Crippen LogP contribution in [0, 0.1) is 0 Å². The summed E-state index contributed by atoms with van der Waals surface area (Å²) in [5.41, 5.74) is 2.45. The van der Waals surface area contributed by atoms with Gasteiger partial charge >= 0.3 is 0 Å². The maximum atomic E-state index is 4.24. The van der Waals surface area contributed by atoms with Gasteiger partial charge in [-0.1, -0.05) is 83.9 Å². The monoisotopic (exact) mass is 441 g/mol. The number of hydrogen-bond donors (Lipinski definition) is 0. The predicted octanol–water partition coefficient (Wildman–Crippen LogP) is 9.10. The fraction of sp³-hybridized carbons (Fsp3) is 0.444. The van der Waals surface area contributed by atoms with Gasteiger partial charge in [0.15, 0.2) is 0 Å². The Labute approximate surface area is 195 Å². The number of pyridine rings is 1. The van der Waals surface area contributed by atoms with Gasteiger partial charge in [-0.15, -0.1) is 16.9 Å². The molecule has 2 aromatic rings. The number of nitrogens with zero attached hydrogens (tertiary/aromatic N) is 3. The van der Waals surface area contributed by atoms with Crippen LogP contribution in [-0.4, -0.2) is 22.5 Å². The fourth-order valence-corrected chi connectivity index (χ4v) is 2.75. The standard InChI is InChI=1S/C14H15N3S.C8H14.C3H8.C2H6/c1-3-7-16-17-14(18-2)12-4-5-13-10-15-8-6-11(13)9-12;1-4-6-8(3)7-5-2;1-3-2;1-2/h4-10H,3H2,1-2H3;4,6-7H,5H2,1-3H3;3H2,1-2H3;1-2H3/b16-7+,17-14-;6-4-,8-7-;;. The summed E-state index contributed by atoms with van der Waals surface area (Å²) in [5, 5.41) is 11.5. The molecule has 172 valence electrons. The van der Waals surface area contributed by atoms with Crippen molar-refractivity contribution < 1.29 is 0 Å². The summed E-state index contributed by atoms with van der Waals surface area (Å²) >= 11 is 1.60. The van der Waals surface area contributed by atoms with E-state index >= 15 is 0 Å². The summed E-state index contributed by atoms with van der Waals surface area (Å²) < 4.78 is 0. The zero-order valence-corrected chi connectivity index (χ0v) is 22.0. The van der Waals surface area contributed by atoms with Crippen molar-refractivity contribution in [2.45, 2.75) is 74.7 Å². The third-order valence-corrected chi connectivity index (χ3v) is 4.15. The van der Waals surface area contributed by atoms with Gasteiger partial charge in [-0.05, 0) is 50.5 Å². The maximum absolute atomic E-state index is 4.24. The molecule has 31 heavy (non-hydrogen) atoms. The maximum Gasteiger partial charge on any atom is 0.126 e. The van der Waals surface area contributed by atoms with E-state index in [4.69, 9.17) is 0 Å². The highest BCUT2D eigenvalue weighted by Gasteiger charge is 2.03. The Morgan fingerprint density at radius 1 is 1.03 bits per heavy atom. The minimum Gasteiger partial charge on any atom is -0.264 e. The first-order valence-corrected chi connectivity index (χ1v) is 12.6. The molecule has 0 radical (unpaired) electrons. The summed E-state index contributed by atoms with van der Waals surface area (Å²) in [4.78, 5) is 4.11. The normalized spacial score (nSPS) is 11.4. The molecule has 0 saturated carbocycles. The van der Waals surface area contributed by atoms with Gasteiger partial charge in [-0.25, -0.2) is 0 Å². The summed E-state index contributed by atoms with van der Waals surface area (Å²) in [6, 6.07) is 8.24. The van der Waals surface area contributed by atoms with E-state index in [1.165, 1.54) is 17.4 Å². The molecule has 2 rings (SSSR count). The Morgan fingerprint density at radius 2 is 1.71 bits per heavy atom. The van der Waals surface area contributed by atoms with E-state index in [0.717, 1.165) is 28.8 Å². The SMILES string of the molecule is C/C=C\C(C)=C/CC.CC.CC/C=N/N=C(\SC)c1ccc2cnccc2c1.CCC. The number of rotatable bonds is 5. The molecule has 0 N–H and O–H groups in total. The van der Waals surface area contributed by atoms with Gasteiger partial charge in [0.25, 0.3) is 0 Å². The number of thioether (sulfide) groups is 1. The van der Waals surface area contributed by atoms with E-state index in [2.05, 4.69) is 79.3 Å². The average molecular weight is 442 g/mol. The molecule has 0 atom stereocenters. The smallest absolute Gasteiger partial charge is 0.126 e. The molecule has 0 spiro atoms. The Kier molecular flexibility index (Phi) is 22.5. The zero-order chi connectivity index (χ0) is 23.9. The van der Waals surface area contributed by atoms with Gasteiger partial charge in [0.05, 0.1) is 0 Å². The molecule has 3 nitrogen and oxygen atoms in total. The Balaban J connectivity index is 0. The minimum absolute atomic E-state index is 0.897. The van der Waals surface area contributed by atoms with Gasteiger partial charge in [0.2, 0.25) is 0 Å². The van der Waals surface area contributed by atoms with Crippen LogP contribution in [0.5, 0.6) is 0 Å². The van der Waals surface area contributed by atoms with Gasteiger partial charge in [-0.3, -0.25) is 4.98 Å². The molecule has 0 aliphatic rings. The van der Waals surface area contributed by atoms with Crippen molar-refractivity contribution in [2.75, 3.05) is 6.26 Å². The first-order chi connectivity index (χ1) is 15.1. The molecule has 1 aromatic carbocycles. The number of fused-ring (bicyclic) bond motifs is 1. The lowest BCUT2D eigenvalue weighted by Crippen LogP contribution is -1.94. The molecule has 4 heteroatoms. The molecule has 0 amide bonds. The van der Waals surface area contributed by atoms with Gasteiger partial charge < -0.3 is 0 Å². The molecule has 0 aliphatic carbocycles. The van der Waals surface area contributed by atoms with Crippen LogP contribution in [0.15, 0.2) is 70.7 Å². The lowest BCUT2D eigenvalue weighted by Gasteiger charge is -2.03. The Bertz CT molecular complexity index is 805. The van der Waals surface area contributed by atoms with E-state index in [0.29, 0.717) is 0 Å². The van der Waals surface area contributed by atoms with Crippen molar-refractivity contribution in [3.8, 4) is 0 Å². The number of benzene rings is 1. The average Bonchev–Trinajstić information content (AvgIpc) is 2.79. The molecule has 0 saturated heterocycles. The summed E-state index contributed by atoms with van der Waals surface area (Å²) in [6.45, 7) is 16.6. The zero-order valence-electron chi connectivity index (χ0n) is 21.1. The van der Waals surface area contributed by atoms with Gasteiger partial charge in [0, 0.05) is 29.6 Å². The van der Waals surface area contributed by atoms with Gasteiger partial charge in [-0.2, -0.15) is 5.10 Å². The van der Waals surface area contributed by atoms with Gasteiger partial charge in [0.1, 0.15) is 5.04 Å². The van der Waals surface area contributed by atoms with Crippen molar-refractivity contribution in [3.63, 3.8) is 0 Å². The fourth-order valence-electron chi connectivity index (χ4n) is 2.26. The molecule has 0 aliphatic heterocycles. The lowest BCUT2D eigenvalue weighted by atomic mass is 10.1. The predicted molar refractivity (Wildman–Crippen MR) is 147 cm³/mol. The summed E-state index contributed by atoms with van der Waals surface area (Å²) in [6.07, 6.45) is 17.1. The second-order valence-corrected chi connectivity index (χ2v) is 7.11. The Morgan fingerprint density at radius 3 is 2.26 bits per heavy atom. The van der Waals surface area contributed by atoms with Crippen molar-refractivity contribution >= 4 is 33.8 Å². The van der Waals surface area contributed by atoms with Crippen LogP contribution in [0.2, 0.25) is 0 Å². The molecule has 0 bridgehead atoms. The van der Waals surface area contributed by atoms with Crippen molar-refractivity contribution in [1.82, 2.24) is 4.98 Å². The van der Waals surface area contributed by atoms with E-state index in [1.807, 2.05) is 46.2 Å². The molecule has 0 fully saturated rings. The highest BCUT2D eigenvalue weighted by molar-refractivity contribution is 8.13. The van der Waals surface area contributed by atoms with E-state index < -0.39 is 0 Å². The number of aromatic nitrogens is 1.